The highest BCUT2D eigenvalue weighted by Gasteiger charge is 2.29. The van der Waals surface area contributed by atoms with Gasteiger partial charge < -0.3 is 19.9 Å². The summed E-state index contributed by atoms with van der Waals surface area (Å²) in [5, 5.41) is 14.3. The van der Waals surface area contributed by atoms with Crippen LogP contribution < -0.4 is 10.1 Å². The van der Waals surface area contributed by atoms with Gasteiger partial charge in [0.05, 0.1) is 24.5 Å². The second-order valence-electron chi connectivity index (χ2n) is 8.65. The predicted octanol–water partition coefficient (Wildman–Crippen LogP) is 3.61. The van der Waals surface area contributed by atoms with Gasteiger partial charge in [-0.2, -0.15) is 0 Å². The van der Waals surface area contributed by atoms with Gasteiger partial charge in [-0.1, -0.05) is 11.6 Å². The highest BCUT2D eigenvalue weighted by atomic mass is 35.5. The third-order valence-electron chi connectivity index (χ3n) is 6.08. The van der Waals surface area contributed by atoms with Gasteiger partial charge in [-0.3, -0.25) is 9.88 Å². The van der Waals surface area contributed by atoms with Gasteiger partial charge in [-0.05, 0) is 44.7 Å². The molecule has 168 valence electrons. The Morgan fingerprint density at radius 3 is 2.81 bits per heavy atom. The number of aromatic nitrogens is 2. The van der Waals surface area contributed by atoms with Crippen molar-refractivity contribution < 1.29 is 14.6 Å². The van der Waals surface area contributed by atoms with Crippen molar-refractivity contribution in [2.75, 3.05) is 44.8 Å². The van der Waals surface area contributed by atoms with Gasteiger partial charge in [0, 0.05) is 55.4 Å². The summed E-state index contributed by atoms with van der Waals surface area (Å²) >= 11 is 6.19. The molecule has 2 aromatic rings. The zero-order valence-corrected chi connectivity index (χ0v) is 18.8. The van der Waals surface area contributed by atoms with Crippen LogP contribution in [0.3, 0.4) is 0 Å². The largest absolute Gasteiger partial charge is 0.492 e. The van der Waals surface area contributed by atoms with E-state index >= 15 is 0 Å². The first-order chi connectivity index (χ1) is 15.0. The molecule has 2 aromatic heterocycles. The van der Waals surface area contributed by atoms with Crippen molar-refractivity contribution in [1.29, 1.82) is 0 Å². The van der Waals surface area contributed by atoms with E-state index in [1.165, 1.54) is 0 Å². The first kappa shape index (κ1) is 22.3. The van der Waals surface area contributed by atoms with Crippen LogP contribution in [0.25, 0.3) is 11.3 Å². The highest BCUT2D eigenvalue weighted by Crippen LogP contribution is 2.34. The predicted molar refractivity (Wildman–Crippen MR) is 122 cm³/mol. The lowest BCUT2D eigenvalue weighted by Crippen LogP contribution is -2.38. The van der Waals surface area contributed by atoms with Gasteiger partial charge in [0.1, 0.15) is 17.5 Å². The number of pyridine rings is 2. The molecular formula is C23H31ClN4O3. The third kappa shape index (κ3) is 6.29. The molecule has 0 spiro atoms. The van der Waals surface area contributed by atoms with Crippen LogP contribution in [0.2, 0.25) is 5.15 Å². The SMILES string of the molecule is CC1(O)CCC(Nc2cc(Cl)ncc2-c2cc(OCCN3CCOCC3)ccn2)CC1. The van der Waals surface area contributed by atoms with E-state index in [0.717, 1.165) is 81.2 Å². The molecule has 1 saturated carbocycles. The number of anilines is 1. The maximum absolute atomic E-state index is 10.2. The maximum atomic E-state index is 10.2. The van der Waals surface area contributed by atoms with E-state index in [9.17, 15) is 5.11 Å². The minimum atomic E-state index is -0.564. The van der Waals surface area contributed by atoms with Crippen molar-refractivity contribution in [2.45, 2.75) is 44.2 Å². The van der Waals surface area contributed by atoms with Crippen LogP contribution in [0.5, 0.6) is 5.75 Å². The second kappa shape index (κ2) is 10.1. The first-order valence-electron chi connectivity index (χ1n) is 11.0. The zero-order valence-electron chi connectivity index (χ0n) is 18.0. The van der Waals surface area contributed by atoms with Crippen LogP contribution >= 0.6 is 11.6 Å². The molecule has 0 bridgehead atoms. The number of nitrogens with one attached hydrogen (secondary N) is 1. The summed E-state index contributed by atoms with van der Waals surface area (Å²) < 4.78 is 11.4. The van der Waals surface area contributed by atoms with Crippen molar-refractivity contribution in [3.8, 4) is 17.0 Å². The van der Waals surface area contributed by atoms with Crippen molar-refractivity contribution >= 4 is 17.3 Å². The average Bonchev–Trinajstić information content (AvgIpc) is 2.76. The van der Waals surface area contributed by atoms with Crippen molar-refractivity contribution in [1.82, 2.24) is 14.9 Å². The Balaban J connectivity index is 1.43. The molecule has 7 nitrogen and oxygen atoms in total. The number of morpholine rings is 1. The molecule has 0 amide bonds. The summed E-state index contributed by atoms with van der Waals surface area (Å²) in [6.45, 7) is 6.89. The number of aliphatic hydroxyl groups is 1. The molecule has 3 heterocycles. The monoisotopic (exact) mass is 446 g/mol. The molecule has 2 aliphatic rings. The number of hydrogen-bond acceptors (Lipinski definition) is 7. The Kier molecular flexibility index (Phi) is 7.27. The van der Waals surface area contributed by atoms with Crippen LogP contribution in [0.15, 0.2) is 30.6 Å². The van der Waals surface area contributed by atoms with Crippen LogP contribution in [0.1, 0.15) is 32.6 Å². The lowest BCUT2D eigenvalue weighted by molar-refractivity contribution is 0.0196. The molecule has 2 fully saturated rings. The summed E-state index contributed by atoms with van der Waals surface area (Å²) in [5.41, 5.74) is 2.02. The van der Waals surface area contributed by atoms with Gasteiger partial charge in [-0.25, -0.2) is 4.98 Å². The molecule has 1 aliphatic carbocycles. The van der Waals surface area contributed by atoms with Gasteiger partial charge in [0.15, 0.2) is 0 Å². The van der Waals surface area contributed by atoms with E-state index in [1.807, 2.05) is 25.1 Å². The van der Waals surface area contributed by atoms with Crippen molar-refractivity contribution in [3.05, 3.63) is 35.7 Å². The van der Waals surface area contributed by atoms with Gasteiger partial charge in [0.2, 0.25) is 0 Å². The van der Waals surface area contributed by atoms with Crippen LogP contribution in [0, 0.1) is 0 Å². The molecular weight excluding hydrogens is 416 g/mol. The molecule has 0 unspecified atom stereocenters. The Labute approximate surface area is 188 Å². The molecule has 4 rings (SSSR count). The normalized spacial score (nSPS) is 24.7. The fraction of sp³-hybridized carbons (Fsp3) is 0.565. The Hall–Kier alpha value is -1.93. The van der Waals surface area contributed by atoms with Gasteiger partial charge >= 0.3 is 0 Å². The third-order valence-corrected chi connectivity index (χ3v) is 6.29. The molecule has 0 radical (unpaired) electrons. The van der Waals surface area contributed by atoms with E-state index in [4.69, 9.17) is 21.1 Å². The highest BCUT2D eigenvalue weighted by molar-refractivity contribution is 6.29. The summed E-state index contributed by atoms with van der Waals surface area (Å²) in [7, 11) is 0. The first-order valence-corrected chi connectivity index (χ1v) is 11.4. The Morgan fingerprint density at radius 1 is 1.26 bits per heavy atom. The lowest BCUT2D eigenvalue weighted by atomic mass is 9.83. The fourth-order valence-corrected chi connectivity index (χ4v) is 4.28. The fourth-order valence-electron chi connectivity index (χ4n) is 4.12. The molecule has 0 atom stereocenters. The maximum Gasteiger partial charge on any atom is 0.131 e. The van der Waals surface area contributed by atoms with E-state index in [1.54, 1.807) is 12.4 Å². The number of rotatable bonds is 7. The summed E-state index contributed by atoms with van der Waals surface area (Å²) in [6, 6.07) is 5.95. The quantitative estimate of drug-likeness (QED) is 0.629. The number of ether oxygens (including phenoxy) is 2. The minimum absolute atomic E-state index is 0.283. The van der Waals surface area contributed by atoms with Crippen molar-refractivity contribution in [2.24, 2.45) is 0 Å². The van der Waals surface area contributed by atoms with E-state index < -0.39 is 5.60 Å². The summed E-state index contributed by atoms with van der Waals surface area (Å²) in [4.78, 5) is 11.2. The topological polar surface area (TPSA) is 79.7 Å². The van der Waals surface area contributed by atoms with Crippen LogP contribution in [-0.2, 0) is 4.74 Å². The minimum Gasteiger partial charge on any atom is -0.492 e. The number of halogens is 1. The molecule has 2 N–H and O–H groups in total. The smallest absolute Gasteiger partial charge is 0.131 e. The number of hydrogen-bond donors (Lipinski definition) is 2. The summed E-state index contributed by atoms with van der Waals surface area (Å²) in [5.74, 6) is 0.785. The molecule has 1 saturated heterocycles. The standard InChI is InChI=1S/C23H31ClN4O3/c1-23(29)5-2-17(3-6-23)27-21-15-22(24)26-16-19(21)20-14-18(4-7-25-20)31-13-10-28-8-11-30-12-9-28/h4,7,14-17,29H,2-3,5-6,8-13H2,1H3,(H,26,27). The van der Waals surface area contributed by atoms with E-state index in [-0.39, 0.29) is 6.04 Å². The molecule has 8 heteroatoms. The van der Waals surface area contributed by atoms with Gasteiger partial charge in [0.25, 0.3) is 0 Å². The molecule has 1 aliphatic heterocycles. The Morgan fingerprint density at radius 2 is 2.03 bits per heavy atom. The van der Waals surface area contributed by atoms with E-state index in [0.29, 0.717) is 11.8 Å². The number of nitrogens with zero attached hydrogens (tertiary/aromatic N) is 3. The zero-order chi connectivity index (χ0) is 21.7. The van der Waals surface area contributed by atoms with Crippen molar-refractivity contribution in [3.63, 3.8) is 0 Å². The summed E-state index contributed by atoms with van der Waals surface area (Å²) in [6.07, 6.45) is 6.89. The van der Waals surface area contributed by atoms with Gasteiger partial charge in [-0.15, -0.1) is 0 Å². The second-order valence-corrected chi connectivity index (χ2v) is 9.03. The molecule has 31 heavy (non-hydrogen) atoms. The lowest BCUT2D eigenvalue weighted by Gasteiger charge is -2.34. The average molecular weight is 447 g/mol. The Bertz CT molecular complexity index is 864. The van der Waals surface area contributed by atoms with Crippen LogP contribution in [0.4, 0.5) is 5.69 Å². The molecule has 0 aromatic carbocycles. The van der Waals surface area contributed by atoms with E-state index in [2.05, 4.69) is 20.2 Å². The van der Waals surface area contributed by atoms with Crippen LogP contribution in [-0.4, -0.2) is 71.1 Å².